The van der Waals surface area contributed by atoms with E-state index in [2.05, 4.69) is 0 Å². The standard InChI is InChI=1S/C16H15F2NO/c1-2-19(11-12-6-5-7-13(17)10-12)16(20)14-8-3-4-9-15(14)18/h3-10H,2,11H2,1H3. The molecule has 2 aromatic rings. The third-order valence-corrected chi connectivity index (χ3v) is 3.04. The maximum absolute atomic E-state index is 13.6. The van der Waals surface area contributed by atoms with Gasteiger partial charge < -0.3 is 4.90 Å². The molecule has 0 atom stereocenters. The molecule has 0 saturated heterocycles. The van der Waals surface area contributed by atoms with Gasteiger partial charge in [0.25, 0.3) is 5.91 Å². The monoisotopic (exact) mass is 275 g/mol. The molecule has 2 nitrogen and oxygen atoms in total. The first-order chi connectivity index (χ1) is 9.61. The van der Waals surface area contributed by atoms with E-state index < -0.39 is 11.7 Å². The van der Waals surface area contributed by atoms with Crippen LogP contribution in [-0.4, -0.2) is 17.4 Å². The number of hydrogen-bond donors (Lipinski definition) is 0. The van der Waals surface area contributed by atoms with Gasteiger partial charge in [0.05, 0.1) is 5.56 Å². The van der Waals surface area contributed by atoms with Crippen molar-refractivity contribution in [3.8, 4) is 0 Å². The third kappa shape index (κ3) is 3.20. The van der Waals surface area contributed by atoms with E-state index in [-0.39, 0.29) is 17.9 Å². The molecule has 4 heteroatoms. The third-order valence-electron chi connectivity index (χ3n) is 3.04. The highest BCUT2D eigenvalue weighted by atomic mass is 19.1. The normalized spacial score (nSPS) is 10.3. The molecule has 0 fully saturated rings. The summed E-state index contributed by atoms with van der Waals surface area (Å²) in [7, 11) is 0. The fourth-order valence-electron chi connectivity index (χ4n) is 1.99. The number of hydrogen-bond acceptors (Lipinski definition) is 1. The Morgan fingerprint density at radius 1 is 1.10 bits per heavy atom. The largest absolute Gasteiger partial charge is 0.335 e. The zero-order valence-corrected chi connectivity index (χ0v) is 11.1. The molecule has 0 unspecified atom stereocenters. The maximum Gasteiger partial charge on any atom is 0.257 e. The summed E-state index contributed by atoms with van der Waals surface area (Å²) in [6, 6.07) is 11.9. The van der Waals surface area contributed by atoms with Crippen LogP contribution in [0.2, 0.25) is 0 Å². The first kappa shape index (κ1) is 14.2. The molecule has 0 saturated carbocycles. The van der Waals surface area contributed by atoms with Crippen LogP contribution >= 0.6 is 0 Å². The summed E-state index contributed by atoms with van der Waals surface area (Å²) >= 11 is 0. The first-order valence-corrected chi connectivity index (χ1v) is 6.40. The minimum Gasteiger partial charge on any atom is -0.335 e. The zero-order chi connectivity index (χ0) is 14.5. The van der Waals surface area contributed by atoms with Crippen LogP contribution in [0.3, 0.4) is 0 Å². The number of rotatable bonds is 4. The highest BCUT2D eigenvalue weighted by molar-refractivity contribution is 5.94. The van der Waals surface area contributed by atoms with E-state index in [4.69, 9.17) is 0 Å². The zero-order valence-electron chi connectivity index (χ0n) is 11.1. The molecule has 0 N–H and O–H groups in total. The van der Waals surface area contributed by atoms with Crippen LogP contribution in [0.1, 0.15) is 22.8 Å². The first-order valence-electron chi connectivity index (χ1n) is 6.40. The van der Waals surface area contributed by atoms with Crippen molar-refractivity contribution >= 4 is 5.91 Å². The van der Waals surface area contributed by atoms with Gasteiger partial charge in [0.1, 0.15) is 11.6 Å². The highest BCUT2D eigenvalue weighted by Gasteiger charge is 2.17. The van der Waals surface area contributed by atoms with Crippen molar-refractivity contribution in [2.45, 2.75) is 13.5 Å². The molecule has 0 radical (unpaired) electrons. The predicted octanol–water partition coefficient (Wildman–Crippen LogP) is 3.63. The Morgan fingerprint density at radius 2 is 1.85 bits per heavy atom. The lowest BCUT2D eigenvalue weighted by atomic mass is 10.1. The molecular weight excluding hydrogens is 260 g/mol. The van der Waals surface area contributed by atoms with E-state index in [1.165, 1.54) is 35.2 Å². The number of carbonyl (C=O) groups excluding carboxylic acids is 1. The van der Waals surface area contributed by atoms with E-state index in [9.17, 15) is 13.6 Å². The fourth-order valence-corrected chi connectivity index (χ4v) is 1.99. The SMILES string of the molecule is CCN(Cc1cccc(F)c1)C(=O)c1ccccc1F. The van der Waals surface area contributed by atoms with Crippen molar-refractivity contribution in [1.82, 2.24) is 4.90 Å². The second-order valence-corrected chi connectivity index (χ2v) is 4.43. The highest BCUT2D eigenvalue weighted by Crippen LogP contribution is 2.13. The molecule has 0 heterocycles. The molecule has 0 bridgehead atoms. The van der Waals surface area contributed by atoms with Crippen LogP contribution < -0.4 is 0 Å². The Balaban J connectivity index is 2.20. The Labute approximate surface area is 116 Å². The smallest absolute Gasteiger partial charge is 0.257 e. The summed E-state index contributed by atoms with van der Waals surface area (Å²) in [5.74, 6) is -1.29. The van der Waals surface area contributed by atoms with Crippen molar-refractivity contribution in [2.24, 2.45) is 0 Å². The molecule has 2 rings (SSSR count). The second kappa shape index (κ2) is 6.28. The Bertz CT molecular complexity index is 613. The molecule has 0 spiro atoms. The number of halogens is 2. The number of nitrogens with zero attached hydrogens (tertiary/aromatic N) is 1. The lowest BCUT2D eigenvalue weighted by molar-refractivity contribution is 0.0747. The Hall–Kier alpha value is -2.23. The van der Waals surface area contributed by atoms with Gasteiger partial charge in [-0.1, -0.05) is 24.3 Å². The van der Waals surface area contributed by atoms with Gasteiger partial charge >= 0.3 is 0 Å². The predicted molar refractivity (Wildman–Crippen MR) is 73.2 cm³/mol. The summed E-state index contributed by atoms with van der Waals surface area (Å²) in [4.78, 5) is 13.8. The number of benzene rings is 2. The maximum atomic E-state index is 13.6. The van der Waals surface area contributed by atoms with Crippen LogP contribution in [0.5, 0.6) is 0 Å². The summed E-state index contributed by atoms with van der Waals surface area (Å²) in [5.41, 5.74) is 0.710. The van der Waals surface area contributed by atoms with E-state index in [1.54, 1.807) is 25.1 Å². The molecule has 0 aromatic heterocycles. The average Bonchev–Trinajstić information content (AvgIpc) is 2.44. The molecule has 2 aromatic carbocycles. The van der Waals surface area contributed by atoms with Crippen molar-refractivity contribution < 1.29 is 13.6 Å². The van der Waals surface area contributed by atoms with E-state index in [0.29, 0.717) is 12.1 Å². The second-order valence-electron chi connectivity index (χ2n) is 4.43. The number of carbonyl (C=O) groups is 1. The molecule has 1 amide bonds. The minimum absolute atomic E-state index is 0.0331. The molecule has 0 aliphatic rings. The van der Waals surface area contributed by atoms with Gasteiger partial charge in [-0.15, -0.1) is 0 Å². The topological polar surface area (TPSA) is 20.3 Å². The average molecular weight is 275 g/mol. The summed E-state index contributed by atoms with van der Waals surface area (Å²) < 4.78 is 26.8. The minimum atomic E-state index is -0.546. The number of amides is 1. The summed E-state index contributed by atoms with van der Waals surface area (Å²) in [6.45, 7) is 2.48. The quantitative estimate of drug-likeness (QED) is 0.834. The lowest BCUT2D eigenvalue weighted by Gasteiger charge is -2.21. The summed E-state index contributed by atoms with van der Waals surface area (Å²) in [5, 5.41) is 0. The van der Waals surface area contributed by atoms with E-state index in [0.717, 1.165) is 0 Å². The fraction of sp³-hybridized carbons (Fsp3) is 0.188. The van der Waals surface area contributed by atoms with Crippen molar-refractivity contribution in [1.29, 1.82) is 0 Å². The Morgan fingerprint density at radius 3 is 2.50 bits per heavy atom. The summed E-state index contributed by atoms with van der Waals surface area (Å²) in [6.07, 6.45) is 0. The van der Waals surface area contributed by atoms with Crippen molar-refractivity contribution in [3.05, 3.63) is 71.3 Å². The van der Waals surface area contributed by atoms with E-state index >= 15 is 0 Å². The van der Waals surface area contributed by atoms with Gasteiger partial charge in [-0.2, -0.15) is 0 Å². The van der Waals surface area contributed by atoms with Crippen molar-refractivity contribution in [2.75, 3.05) is 6.54 Å². The van der Waals surface area contributed by atoms with Crippen LogP contribution in [0.4, 0.5) is 8.78 Å². The lowest BCUT2D eigenvalue weighted by Crippen LogP contribution is -2.31. The molecule has 0 aliphatic heterocycles. The van der Waals surface area contributed by atoms with Gasteiger partial charge in [0.2, 0.25) is 0 Å². The van der Waals surface area contributed by atoms with Gasteiger partial charge in [-0.25, -0.2) is 8.78 Å². The molecule has 0 aliphatic carbocycles. The van der Waals surface area contributed by atoms with Gasteiger partial charge in [-0.05, 0) is 36.8 Å². The van der Waals surface area contributed by atoms with Gasteiger partial charge in [0, 0.05) is 13.1 Å². The van der Waals surface area contributed by atoms with Crippen LogP contribution in [0.25, 0.3) is 0 Å². The molecule has 104 valence electrons. The van der Waals surface area contributed by atoms with Gasteiger partial charge in [0.15, 0.2) is 0 Å². The van der Waals surface area contributed by atoms with Crippen LogP contribution in [0.15, 0.2) is 48.5 Å². The van der Waals surface area contributed by atoms with Crippen molar-refractivity contribution in [3.63, 3.8) is 0 Å². The molecule has 20 heavy (non-hydrogen) atoms. The van der Waals surface area contributed by atoms with E-state index in [1.807, 2.05) is 0 Å². The van der Waals surface area contributed by atoms with Crippen LogP contribution in [-0.2, 0) is 6.54 Å². The Kier molecular flexibility index (Phi) is 4.45. The van der Waals surface area contributed by atoms with Gasteiger partial charge in [-0.3, -0.25) is 4.79 Å². The molecular formula is C16H15F2NO. The van der Waals surface area contributed by atoms with Crippen LogP contribution in [0, 0.1) is 11.6 Å².